The molecule has 0 amide bonds. The monoisotopic (exact) mass is 526 g/mol. The van der Waals surface area contributed by atoms with Gasteiger partial charge >= 0.3 is 5.97 Å². The minimum Gasteiger partial charge on any atom is -0.478 e. The van der Waals surface area contributed by atoms with Gasteiger partial charge < -0.3 is 40.3 Å². The highest BCUT2D eigenvalue weighted by Gasteiger charge is 2.45. The first-order chi connectivity index (χ1) is 17.1. The van der Waals surface area contributed by atoms with Crippen LogP contribution >= 0.6 is 0 Å². The average molecular weight is 527 g/mol. The molecule has 2 aromatic carbocycles. The molecular weight excluding hydrogens is 496 g/mol. The number of rotatable bonds is 11. The molecule has 5 atom stereocenters. The summed E-state index contributed by atoms with van der Waals surface area (Å²) in [6.07, 6.45) is -6.97. The molecule has 2 aromatic rings. The van der Waals surface area contributed by atoms with Crippen molar-refractivity contribution < 1.29 is 48.2 Å². The Morgan fingerprint density at radius 1 is 1.08 bits per heavy atom. The van der Waals surface area contributed by atoms with E-state index in [-0.39, 0.29) is 22.7 Å². The van der Waals surface area contributed by atoms with E-state index in [1.165, 1.54) is 6.07 Å². The van der Waals surface area contributed by atoms with E-state index in [1.807, 2.05) is 6.92 Å². The molecule has 1 unspecified atom stereocenters. The molecule has 12 nitrogen and oxygen atoms in total. The molecule has 3 rings (SSSR count). The molecule has 1 heterocycles. The van der Waals surface area contributed by atoms with Crippen LogP contribution in [0.3, 0.4) is 0 Å². The Hall–Kier alpha value is -2.78. The number of para-hydroxylation sites is 1. The molecule has 1 aliphatic rings. The lowest BCUT2D eigenvalue weighted by Crippen LogP contribution is -2.63. The molecule has 0 aromatic heterocycles. The second kappa shape index (κ2) is 12.0. The normalized spacial score (nSPS) is 24.3. The lowest BCUT2D eigenvalue weighted by Gasteiger charge is -2.40. The Bertz CT molecular complexity index is 1140. The van der Waals surface area contributed by atoms with Crippen LogP contribution in [0.15, 0.2) is 47.4 Å². The topological polar surface area (TPSA) is 195 Å². The Balaban J connectivity index is 2.08. The van der Waals surface area contributed by atoms with Gasteiger partial charge in [0.1, 0.15) is 35.1 Å². The summed E-state index contributed by atoms with van der Waals surface area (Å²) >= 11 is 0. The van der Waals surface area contributed by atoms with E-state index >= 15 is 0 Å². The smallest absolute Gasteiger partial charge is 0.335 e. The standard InChI is InChI=1S/C23H30N2O10S/c1-2-3-9-24-15-10-13(23(30)31)11-17(21(15)34-14-7-5-4-6-8-14)36(32,33)25-22-20(29)19(28)18(27)16(12-26)35-22/h4-8,10-11,16,18-20,22,24-29H,2-3,9,12H2,1H3,(H,30,31)/t16-,18+,19+,20-,22?/m1/s1. The molecule has 7 N–H and O–H groups in total. The number of hydrogen-bond donors (Lipinski definition) is 7. The second-order valence-corrected chi connectivity index (χ2v) is 9.90. The third-order valence-electron chi connectivity index (χ3n) is 5.56. The van der Waals surface area contributed by atoms with Crippen molar-refractivity contribution in [3.8, 4) is 11.5 Å². The summed E-state index contributed by atoms with van der Waals surface area (Å²) < 4.78 is 40.2. The summed E-state index contributed by atoms with van der Waals surface area (Å²) in [4.78, 5) is 11.2. The van der Waals surface area contributed by atoms with Gasteiger partial charge in [0.15, 0.2) is 12.0 Å². The molecular formula is C23H30N2O10S. The van der Waals surface area contributed by atoms with Gasteiger partial charge in [0.2, 0.25) is 10.0 Å². The number of ether oxygens (including phenoxy) is 2. The Morgan fingerprint density at radius 2 is 1.78 bits per heavy atom. The van der Waals surface area contributed by atoms with Crippen LogP contribution in [0.2, 0.25) is 0 Å². The summed E-state index contributed by atoms with van der Waals surface area (Å²) in [7, 11) is -4.66. The summed E-state index contributed by atoms with van der Waals surface area (Å²) in [5.41, 5.74) is -0.232. The number of aliphatic hydroxyl groups excluding tert-OH is 4. The first-order valence-electron chi connectivity index (χ1n) is 11.3. The van der Waals surface area contributed by atoms with Crippen molar-refractivity contribution in [3.63, 3.8) is 0 Å². The number of nitrogens with one attached hydrogen (secondary N) is 2. The fourth-order valence-corrected chi connectivity index (χ4v) is 4.89. The van der Waals surface area contributed by atoms with Crippen LogP contribution in [0.1, 0.15) is 30.1 Å². The van der Waals surface area contributed by atoms with Crippen LogP contribution < -0.4 is 14.8 Å². The van der Waals surface area contributed by atoms with Crippen LogP contribution in [0.4, 0.5) is 5.69 Å². The highest BCUT2D eigenvalue weighted by atomic mass is 32.2. The summed E-state index contributed by atoms with van der Waals surface area (Å²) in [5.74, 6) is -1.30. The third-order valence-corrected chi connectivity index (χ3v) is 6.99. The number of carboxylic acid groups (broad SMARTS) is 1. The number of aliphatic hydroxyl groups is 4. The summed E-state index contributed by atoms with van der Waals surface area (Å²) in [6.45, 7) is 1.60. The van der Waals surface area contributed by atoms with Crippen molar-refractivity contribution in [2.75, 3.05) is 18.5 Å². The molecule has 0 aliphatic carbocycles. The quantitative estimate of drug-likeness (QED) is 0.201. The molecule has 13 heteroatoms. The van der Waals surface area contributed by atoms with E-state index in [9.17, 15) is 38.7 Å². The maximum atomic E-state index is 13.5. The molecule has 0 radical (unpaired) electrons. The van der Waals surface area contributed by atoms with Crippen LogP contribution in [0.5, 0.6) is 11.5 Å². The van der Waals surface area contributed by atoms with Crippen LogP contribution in [0.25, 0.3) is 0 Å². The van der Waals surface area contributed by atoms with E-state index in [4.69, 9.17) is 9.47 Å². The van der Waals surface area contributed by atoms with E-state index in [0.717, 1.165) is 12.5 Å². The predicted octanol–water partition coefficient (Wildman–Crippen LogP) is 0.467. The van der Waals surface area contributed by atoms with E-state index in [0.29, 0.717) is 13.0 Å². The molecule has 198 valence electrons. The van der Waals surface area contributed by atoms with Crippen molar-refractivity contribution in [1.29, 1.82) is 0 Å². The summed E-state index contributed by atoms with van der Waals surface area (Å²) in [5, 5.41) is 52.3. The SMILES string of the molecule is CCCCNc1cc(C(=O)O)cc(S(=O)(=O)NC2O[C@H](CO)[C@H](O)[C@H](O)[C@H]2O)c1Oc1ccccc1. The fourth-order valence-electron chi connectivity index (χ4n) is 3.58. The average Bonchev–Trinajstić information content (AvgIpc) is 2.85. The van der Waals surface area contributed by atoms with E-state index in [2.05, 4.69) is 10.0 Å². The molecule has 1 fully saturated rings. The van der Waals surface area contributed by atoms with E-state index in [1.54, 1.807) is 30.3 Å². The number of sulfonamides is 1. The minimum atomic E-state index is -4.66. The number of carboxylic acids is 1. The molecule has 1 saturated heterocycles. The minimum absolute atomic E-state index is 0.112. The Labute approximate surface area is 208 Å². The van der Waals surface area contributed by atoms with Crippen LogP contribution in [-0.2, 0) is 14.8 Å². The largest absolute Gasteiger partial charge is 0.478 e. The van der Waals surface area contributed by atoms with Crippen molar-refractivity contribution in [2.24, 2.45) is 0 Å². The van der Waals surface area contributed by atoms with Gasteiger partial charge in [-0.25, -0.2) is 13.2 Å². The first kappa shape index (κ1) is 27.8. The highest BCUT2D eigenvalue weighted by molar-refractivity contribution is 7.89. The number of benzene rings is 2. The first-order valence-corrected chi connectivity index (χ1v) is 12.8. The zero-order chi connectivity index (χ0) is 26.5. The molecule has 36 heavy (non-hydrogen) atoms. The molecule has 0 saturated carbocycles. The maximum Gasteiger partial charge on any atom is 0.335 e. The molecule has 0 spiro atoms. The number of carbonyl (C=O) groups is 1. The van der Waals surface area contributed by atoms with Crippen molar-refractivity contribution in [3.05, 3.63) is 48.0 Å². The molecule has 1 aliphatic heterocycles. The zero-order valence-corrected chi connectivity index (χ0v) is 20.3. The van der Waals surface area contributed by atoms with Crippen molar-refractivity contribution in [1.82, 2.24) is 4.72 Å². The van der Waals surface area contributed by atoms with Gasteiger partial charge in [0.05, 0.1) is 17.9 Å². The number of anilines is 1. The van der Waals surface area contributed by atoms with Gasteiger partial charge in [-0.05, 0) is 30.7 Å². The fraction of sp³-hybridized carbons (Fsp3) is 0.435. The van der Waals surface area contributed by atoms with Gasteiger partial charge in [-0.15, -0.1) is 0 Å². The lowest BCUT2D eigenvalue weighted by atomic mass is 9.99. The Kier molecular flexibility index (Phi) is 9.24. The van der Waals surface area contributed by atoms with Gasteiger partial charge in [0, 0.05) is 6.54 Å². The van der Waals surface area contributed by atoms with Crippen molar-refractivity contribution in [2.45, 2.75) is 55.3 Å². The Morgan fingerprint density at radius 3 is 2.39 bits per heavy atom. The van der Waals surface area contributed by atoms with Gasteiger partial charge in [0.25, 0.3) is 0 Å². The van der Waals surface area contributed by atoms with Crippen molar-refractivity contribution >= 4 is 21.7 Å². The maximum absolute atomic E-state index is 13.5. The summed E-state index contributed by atoms with van der Waals surface area (Å²) in [6, 6.07) is 10.4. The highest BCUT2D eigenvalue weighted by Crippen LogP contribution is 2.38. The van der Waals surface area contributed by atoms with Gasteiger partial charge in [-0.1, -0.05) is 31.5 Å². The van der Waals surface area contributed by atoms with Crippen LogP contribution in [-0.4, -0.2) is 83.7 Å². The zero-order valence-electron chi connectivity index (χ0n) is 19.4. The number of aromatic carboxylic acids is 1. The predicted molar refractivity (Wildman–Crippen MR) is 127 cm³/mol. The second-order valence-electron chi connectivity index (χ2n) is 8.22. The number of hydrogen-bond acceptors (Lipinski definition) is 10. The lowest BCUT2D eigenvalue weighted by molar-refractivity contribution is -0.231. The van der Waals surface area contributed by atoms with Gasteiger partial charge in [-0.2, -0.15) is 4.72 Å². The number of unbranched alkanes of at least 4 members (excludes halogenated alkanes) is 1. The van der Waals surface area contributed by atoms with E-state index < -0.39 is 58.1 Å². The third kappa shape index (κ3) is 6.31. The molecule has 0 bridgehead atoms. The van der Waals surface area contributed by atoms with Gasteiger partial charge in [-0.3, -0.25) is 0 Å². The van der Waals surface area contributed by atoms with Crippen LogP contribution in [0, 0.1) is 0 Å².